The van der Waals surface area contributed by atoms with Crippen molar-refractivity contribution >= 4 is 51.6 Å². The lowest BCUT2D eigenvalue weighted by molar-refractivity contribution is -0.384. The molecule has 13 heteroatoms. The average Bonchev–Trinajstić information content (AvgIpc) is 3.34. The molecule has 0 amide bonds. The van der Waals surface area contributed by atoms with Crippen LogP contribution in [0.5, 0.6) is 5.75 Å². The Labute approximate surface area is 264 Å². The molecule has 1 aliphatic heterocycles. The number of rotatable bonds is 8. The van der Waals surface area contributed by atoms with E-state index in [1.54, 1.807) is 44.4 Å². The highest BCUT2D eigenvalue weighted by Gasteiger charge is 2.36. The van der Waals surface area contributed by atoms with E-state index in [1.807, 2.05) is 36.4 Å². The molecule has 11 nitrogen and oxygen atoms in total. The number of carbonyl (C=O) groups is 1. The number of nitro benzene ring substituents is 1. The van der Waals surface area contributed by atoms with Crippen LogP contribution in [0.2, 0.25) is 0 Å². The summed E-state index contributed by atoms with van der Waals surface area (Å²) in [4.78, 5) is 53.2. The first-order valence-corrected chi connectivity index (χ1v) is 15.4. The van der Waals surface area contributed by atoms with Gasteiger partial charge in [-0.15, -0.1) is 0 Å². The van der Waals surface area contributed by atoms with Gasteiger partial charge in [-0.2, -0.15) is 0 Å². The summed E-state index contributed by atoms with van der Waals surface area (Å²) in [5, 5.41) is 13.8. The van der Waals surface area contributed by atoms with Crippen LogP contribution in [0.3, 0.4) is 0 Å². The standard InChI is InChI=1S/C32H25N5O6S2/c1-4-43-30(39)26-18(2)35-32-36(28(26)27-22-9-6-5-8-19(22)10-12-23(27)42-3)29(38)25(45-32)17-20-16-21(37(40)41)11-13-24(20)44-31-33-14-7-15-34-31/h5-17,28H,4H2,1-3H3/b25-17+/t28-/m0/s1. The van der Waals surface area contributed by atoms with Gasteiger partial charge >= 0.3 is 5.97 Å². The first-order valence-electron chi connectivity index (χ1n) is 13.8. The summed E-state index contributed by atoms with van der Waals surface area (Å²) in [6.45, 7) is 3.56. The van der Waals surface area contributed by atoms with E-state index in [9.17, 15) is 19.7 Å². The third-order valence-electron chi connectivity index (χ3n) is 7.18. The number of aromatic nitrogens is 3. The number of methoxy groups -OCH3 is 1. The van der Waals surface area contributed by atoms with Gasteiger partial charge in [0.15, 0.2) is 9.96 Å². The number of ether oxygens (including phenoxy) is 2. The Kier molecular flexibility index (Phi) is 8.28. The van der Waals surface area contributed by atoms with Crippen molar-refractivity contribution in [1.29, 1.82) is 0 Å². The first kappa shape index (κ1) is 29.9. The molecule has 0 bridgehead atoms. The van der Waals surface area contributed by atoms with Gasteiger partial charge < -0.3 is 9.47 Å². The third kappa shape index (κ3) is 5.63. The van der Waals surface area contributed by atoms with Crippen molar-refractivity contribution < 1.29 is 19.2 Å². The van der Waals surface area contributed by atoms with Gasteiger partial charge in [0.1, 0.15) is 11.8 Å². The Morgan fingerprint density at radius 1 is 1.13 bits per heavy atom. The molecule has 6 rings (SSSR count). The molecule has 0 unspecified atom stereocenters. The average molecular weight is 640 g/mol. The van der Waals surface area contributed by atoms with Gasteiger partial charge in [-0.1, -0.05) is 41.7 Å². The number of non-ortho nitro benzene ring substituents is 1. The highest BCUT2D eigenvalue weighted by Crippen LogP contribution is 2.40. The number of nitro groups is 1. The molecule has 1 aliphatic rings. The topological polar surface area (TPSA) is 139 Å². The second kappa shape index (κ2) is 12.5. The van der Waals surface area contributed by atoms with Gasteiger partial charge in [-0.3, -0.25) is 19.5 Å². The van der Waals surface area contributed by atoms with Crippen molar-refractivity contribution in [2.75, 3.05) is 13.7 Å². The van der Waals surface area contributed by atoms with E-state index in [0.29, 0.717) is 37.4 Å². The maximum atomic E-state index is 14.4. The van der Waals surface area contributed by atoms with E-state index >= 15 is 0 Å². The molecule has 0 fully saturated rings. The molecule has 226 valence electrons. The molecule has 5 aromatic rings. The summed E-state index contributed by atoms with van der Waals surface area (Å²) < 4.78 is 13.0. The maximum Gasteiger partial charge on any atom is 0.338 e. The zero-order chi connectivity index (χ0) is 31.7. The van der Waals surface area contributed by atoms with Crippen LogP contribution >= 0.6 is 23.1 Å². The van der Waals surface area contributed by atoms with Crippen molar-refractivity contribution in [3.05, 3.63) is 125 Å². The molecule has 0 N–H and O–H groups in total. The van der Waals surface area contributed by atoms with Crippen molar-refractivity contribution in [2.24, 2.45) is 4.99 Å². The van der Waals surface area contributed by atoms with Crippen LogP contribution in [0.1, 0.15) is 31.0 Å². The lowest BCUT2D eigenvalue weighted by atomic mass is 9.90. The summed E-state index contributed by atoms with van der Waals surface area (Å²) >= 11 is 2.34. The van der Waals surface area contributed by atoms with E-state index < -0.39 is 22.5 Å². The van der Waals surface area contributed by atoms with Crippen molar-refractivity contribution in [2.45, 2.75) is 29.9 Å². The molecule has 3 heterocycles. The fourth-order valence-corrected chi connectivity index (χ4v) is 7.07. The highest BCUT2D eigenvalue weighted by molar-refractivity contribution is 7.99. The molecule has 2 aromatic heterocycles. The first-order chi connectivity index (χ1) is 21.8. The lowest BCUT2D eigenvalue weighted by Gasteiger charge is -2.27. The predicted molar refractivity (Wildman–Crippen MR) is 170 cm³/mol. The number of thiazole rings is 1. The maximum absolute atomic E-state index is 14.4. The summed E-state index contributed by atoms with van der Waals surface area (Å²) in [7, 11) is 1.54. The van der Waals surface area contributed by atoms with Gasteiger partial charge in [0.2, 0.25) is 0 Å². The third-order valence-corrected chi connectivity index (χ3v) is 9.14. The van der Waals surface area contributed by atoms with Crippen LogP contribution in [0.4, 0.5) is 5.69 Å². The molecular weight excluding hydrogens is 615 g/mol. The molecule has 0 aliphatic carbocycles. The molecular formula is C32H25N5O6S2. The summed E-state index contributed by atoms with van der Waals surface area (Å²) in [6, 6.07) is 16.6. The van der Waals surface area contributed by atoms with E-state index in [1.165, 1.54) is 35.6 Å². The van der Waals surface area contributed by atoms with Crippen molar-refractivity contribution in [3.63, 3.8) is 0 Å². The fraction of sp³-hybridized carbons (Fsp3) is 0.156. The largest absolute Gasteiger partial charge is 0.496 e. The number of hydrogen-bond acceptors (Lipinski definition) is 11. The SMILES string of the molecule is CCOC(=O)C1=C(C)N=c2s/c(=C/c3cc([N+](=O)[O-])ccc3Sc3ncccn3)c(=O)n2[C@@H]1c1c(OC)ccc2ccccc12. The van der Waals surface area contributed by atoms with Crippen molar-refractivity contribution in [1.82, 2.24) is 14.5 Å². The van der Waals surface area contributed by atoms with Crippen LogP contribution in [-0.2, 0) is 9.53 Å². The van der Waals surface area contributed by atoms with Crippen LogP contribution in [0, 0.1) is 10.1 Å². The number of carbonyl (C=O) groups excluding carboxylic acids is 1. The number of benzene rings is 3. The highest BCUT2D eigenvalue weighted by atomic mass is 32.2. The second-order valence-corrected chi connectivity index (χ2v) is 11.8. The monoisotopic (exact) mass is 639 g/mol. The van der Waals surface area contributed by atoms with E-state index in [0.717, 1.165) is 22.1 Å². The van der Waals surface area contributed by atoms with Gasteiger partial charge in [-0.25, -0.2) is 19.8 Å². The minimum absolute atomic E-state index is 0.133. The van der Waals surface area contributed by atoms with Gasteiger partial charge in [0, 0.05) is 35.0 Å². The second-order valence-electron chi connectivity index (χ2n) is 9.82. The zero-order valence-corrected chi connectivity index (χ0v) is 25.9. The number of esters is 1. The molecule has 45 heavy (non-hydrogen) atoms. The normalized spacial score (nSPS) is 14.6. The lowest BCUT2D eigenvalue weighted by Crippen LogP contribution is -2.40. The quantitative estimate of drug-likeness (QED) is 0.101. The minimum Gasteiger partial charge on any atom is -0.496 e. The molecule has 0 saturated carbocycles. The minimum atomic E-state index is -0.917. The smallest absolute Gasteiger partial charge is 0.338 e. The fourth-order valence-electron chi connectivity index (χ4n) is 5.23. The molecule has 0 radical (unpaired) electrons. The van der Waals surface area contributed by atoms with E-state index in [-0.39, 0.29) is 22.4 Å². The van der Waals surface area contributed by atoms with E-state index in [2.05, 4.69) is 15.0 Å². The number of fused-ring (bicyclic) bond motifs is 2. The molecule has 0 saturated heterocycles. The Bertz CT molecular complexity index is 2190. The number of allylic oxidation sites excluding steroid dienone is 1. The van der Waals surface area contributed by atoms with Crippen LogP contribution in [0.15, 0.2) is 104 Å². The zero-order valence-electron chi connectivity index (χ0n) is 24.3. The Hall–Kier alpha value is -5.14. The van der Waals surface area contributed by atoms with Crippen LogP contribution < -0.4 is 19.6 Å². The number of hydrogen-bond donors (Lipinski definition) is 0. The Morgan fingerprint density at radius 3 is 2.64 bits per heavy atom. The number of nitrogens with zero attached hydrogens (tertiary/aromatic N) is 5. The van der Waals surface area contributed by atoms with Gasteiger partial charge in [0.25, 0.3) is 11.2 Å². The molecule has 1 atom stereocenters. The molecule has 0 spiro atoms. The van der Waals surface area contributed by atoms with Crippen molar-refractivity contribution in [3.8, 4) is 5.75 Å². The summed E-state index contributed by atoms with van der Waals surface area (Å²) in [5.74, 6) is -0.0988. The molecule has 3 aromatic carbocycles. The van der Waals surface area contributed by atoms with Crippen LogP contribution in [0.25, 0.3) is 16.8 Å². The Morgan fingerprint density at radius 2 is 1.91 bits per heavy atom. The summed E-state index contributed by atoms with van der Waals surface area (Å²) in [5.41, 5.74) is 1.13. The summed E-state index contributed by atoms with van der Waals surface area (Å²) in [6.07, 6.45) is 4.80. The van der Waals surface area contributed by atoms with Crippen LogP contribution in [-0.4, -0.2) is 39.1 Å². The Balaban J connectivity index is 1.62. The van der Waals surface area contributed by atoms with E-state index in [4.69, 9.17) is 9.47 Å². The predicted octanol–water partition coefficient (Wildman–Crippen LogP) is 4.81. The van der Waals surface area contributed by atoms with Gasteiger partial charge in [-0.05, 0) is 66.2 Å². The van der Waals surface area contributed by atoms with Gasteiger partial charge in [0.05, 0.1) is 34.4 Å².